The van der Waals surface area contributed by atoms with Crippen LogP contribution in [0.4, 0.5) is 0 Å². The van der Waals surface area contributed by atoms with Gasteiger partial charge in [-0.1, -0.05) is 36.8 Å². The van der Waals surface area contributed by atoms with Crippen LogP contribution in [0.25, 0.3) is 0 Å². The molecule has 0 aliphatic carbocycles. The molecule has 17 heavy (non-hydrogen) atoms. The number of aliphatic hydroxyl groups excluding tert-OH is 1. The molecule has 0 spiro atoms. The van der Waals surface area contributed by atoms with Gasteiger partial charge in [0.15, 0.2) is 0 Å². The zero-order valence-corrected chi connectivity index (χ0v) is 11.2. The Hall–Kier alpha value is -0.860. The first kappa shape index (κ1) is 14.2. The molecule has 0 amide bonds. The van der Waals surface area contributed by atoms with Crippen molar-refractivity contribution in [2.24, 2.45) is 0 Å². The van der Waals surface area contributed by atoms with Crippen molar-refractivity contribution in [1.29, 1.82) is 0 Å². The van der Waals surface area contributed by atoms with Crippen LogP contribution < -0.4 is 5.32 Å². The summed E-state index contributed by atoms with van der Waals surface area (Å²) in [7, 11) is 0. The highest BCUT2D eigenvalue weighted by molar-refractivity contribution is 5.22. The van der Waals surface area contributed by atoms with Crippen molar-refractivity contribution in [2.75, 3.05) is 6.61 Å². The summed E-state index contributed by atoms with van der Waals surface area (Å²) in [5, 5.41) is 12.6. The van der Waals surface area contributed by atoms with E-state index in [0.29, 0.717) is 6.04 Å². The quantitative estimate of drug-likeness (QED) is 0.761. The van der Waals surface area contributed by atoms with E-state index in [2.05, 4.69) is 50.4 Å². The van der Waals surface area contributed by atoms with Gasteiger partial charge in [0.25, 0.3) is 0 Å². The molecule has 1 aromatic rings. The Balaban J connectivity index is 2.35. The van der Waals surface area contributed by atoms with Gasteiger partial charge in [0.2, 0.25) is 0 Å². The average molecular weight is 235 g/mol. The highest BCUT2D eigenvalue weighted by Gasteiger charge is 2.08. The molecule has 0 aliphatic heterocycles. The molecule has 1 aromatic carbocycles. The maximum atomic E-state index is 9.13. The van der Waals surface area contributed by atoms with E-state index in [1.807, 2.05) is 0 Å². The molecule has 2 unspecified atom stereocenters. The maximum Gasteiger partial charge on any atom is 0.0584 e. The molecule has 0 aromatic heterocycles. The van der Waals surface area contributed by atoms with Crippen molar-refractivity contribution < 1.29 is 5.11 Å². The summed E-state index contributed by atoms with van der Waals surface area (Å²) in [4.78, 5) is 0. The molecule has 96 valence electrons. The van der Waals surface area contributed by atoms with Crippen LogP contribution in [0.2, 0.25) is 0 Å². The SMILES string of the molecule is CCC(CO)NC(C)CCc1cccc(C)c1. The van der Waals surface area contributed by atoms with Crippen LogP contribution >= 0.6 is 0 Å². The lowest BCUT2D eigenvalue weighted by Crippen LogP contribution is -2.38. The summed E-state index contributed by atoms with van der Waals surface area (Å²) < 4.78 is 0. The minimum Gasteiger partial charge on any atom is -0.395 e. The summed E-state index contributed by atoms with van der Waals surface area (Å²) in [5.74, 6) is 0. The van der Waals surface area contributed by atoms with Gasteiger partial charge in [0.1, 0.15) is 0 Å². The molecule has 2 nitrogen and oxygen atoms in total. The van der Waals surface area contributed by atoms with Crippen molar-refractivity contribution in [3.8, 4) is 0 Å². The Labute approximate surface area is 105 Å². The highest BCUT2D eigenvalue weighted by atomic mass is 16.3. The Morgan fingerprint density at radius 1 is 1.35 bits per heavy atom. The monoisotopic (exact) mass is 235 g/mol. The first-order valence-electron chi connectivity index (χ1n) is 6.58. The van der Waals surface area contributed by atoms with Gasteiger partial charge in [-0.15, -0.1) is 0 Å². The van der Waals surface area contributed by atoms with Gasteiger partial charge in [0, 0.05) is 12.1 Å². The molecular formula is C15H25NO. The standard InChI is InChI=1S/C15H25NO/c1-4-15(11-17)16-13(3)8-9-14-7-5-6-12(2)10-14/h5-7,10,13,15-17H,4,8-9,11H2,1-3H3. The van der Waals surface area contributed by atoms with Crippen LogP contribution in [0.3, 0.4) is 0 Å². The molecule has 2 atom stereocenters. The summed E-state index contributed by atoms with van der Waals surface area (Å²) in [6.07, 6.45) is 3.18. The van der Waals surface area contributed by atoms with Crippen molar-refractivity contribution in [3.05, 3.63) is 35.4 Å². The van der Waals surface area contributed by atoms with Crippen LogP contribution in [-0.4, -0.2) is 23.8 Å². The molecule has 2 heteroatoms. The zero-order valence-electron chi connectivity index (χ0n) is 11.2. The van der Waals surface area contributed by atoms with E-state index in [1.165, 1.54) is 11.1 Å². The predicted octanol–water partition coefficient (Wildman–Crippen LogP) is 2.68. The first-order valence-corrected chi connectivity index (χ1v) is 6.58. The molecular weight excluding hydrogens is 210 g/mol. The minimum absolute atomic E-state index is 0.227. The molecule has 0 heterocycles. The second-order valence-corrected chi connectivity index (χ2v) is 4.88. The van der Waals surface area contributed by atoms with Crippen LogP contribution in [-0.2, 0) is 6.42 Å². The Kier molecular flexibility index (Phi) is 6.23. The van der Waals surface area contributed by atoms with E-state index >= 15 is 0 Å². The normalized spacial score (nSPS) is 14.6. The van der Waals surface area contributed by atoms with E-state index in [9.17, 15) is 0 Å². The number of aliphatic hydroxyl groups is 1. The van der Waals surface area contributed by atoms with Gasteiger partial charge in [-0.3, -0.25) is 0 Å². The van der Waals surface area contributed by atoms with Crippen molar-refractivity contribution in [3.63, 3.8) is 0 Å². The van der Waals surface area contributed by atoms with E-state index in [1.54, 1.807) is 0 Å². The Bertz CT molecular complexity index is 320. The maximum absolute atomic E-state index is 9.13. The van der Waals surface area contributed by atoms with Gasteiger partial charge < -0.3 is 10.4 Å². The fourth-order valence-corrected chi connectivity index (χ4v) is 2.04. The number of benzene rings is 1. The van der Waals surface area contributed by atoms with Gasteiger partial charge in [0.05, 0.1) is 6.61 Å². The van der Waals surface area contributed by atoms with E-state index in [4.69, 9.17) is 5.11 Å². The zero-order chi connectivity index (χ0) is 12.7. The second-order valence-electron chi connectivity index (χ2n) is 4.88. The third-order valence-electron chi connectivity index (χ3n) is 3.18. The molecule has 0 fully saturated rings. The van der Waals surface area contributed by atoms with E-state index < -0.39 is 0 Å². The lowest BCUT2D eigenvalue weighted by molar-refractivity contribution is 0.228. The molecule has 1 rings (SSSR count). The van der Waals surface area contributed by atoms with Crippen LogP contribution in [0, 0.1) is 6.92 Å². The third kappa shape index (κ3) is 5.33. The number of aryl methyl sites for hydroxylation is 2. The van der Waals surface area contributed by atoms with Crippen molar-refractivity contribution in [1.82, 2.24) is 5.32 Å². The van der Waals surface area contributed by atoms with Gasteiger partial charge in [-0.2, -0.15) is 0 Å². The number of hydrogen-bond acceptors (Lipinski definition) is 2. The summed E-state index contributed by atoms with van der Waals surface area (Å²) in [6.45, 7) is 6.64. The smallest absolute Gasteiger partial charge is 0.0584 e. The topological polar surface area (TPSA) is 32.3 Å². The largest absolute Gasteiger partial charge is 0.395 e. The van der Waals surface area contributed by atoms with E-state index in [-0.39, 0.29) is 12.6 Å². The fourth-order valence-electron chi connectivity index (χ4n) is 2.04. The molecule has 0 saturated heterocycles. The Morgan fingerprint density at radius 3 is 2.71 bits per heavy atom. The fraction of sp³-hybridized carbons (Fsp3) is 0.600. The molecule has 0 saturated carbocycles. The average Bonchev–Trinajstić information content (AvgIpc) is 2.33. The molecule has 0 aliphatic rings. The molecule has 0 bridgehead atoms. The summed E-state index contributed by atoms with van der Waals surface area (Å²) >= 11 is 0. The van der Waals surface area contributed by atoms with Gasteiger partial charge >= 0.3 is 0 Å². The second kappa shape index (κ2) is 7.46. The first-order chi connectivity index (χ1) is 8.15. The minimum atomic E-state index is 0.227. The number of nitrogens with one attached hydrogen (secondary N) is 1. The summed E-state index contributed by atoms with van der Waals surface area (Å²) in [6, 6.07) is 9.37. The highest BCUT2D eigenvalue weighted by Crippen LogP contribution is 2.08. The third-order valence-corrected chi connectivity index (χ3v) is 3.18. The van der Waals surface area contributed by atoms with Gasteiger partial charge in [-0.25, -0.2) is 0 Å². The van der Waals surface area contributed by atoms with Gasteiger partial charge in [-0.05, 0) is 38.7 Å². The van der Waals surface area contributed by atoms with Crippen LogP contribution in [0.15, 0.2) is 24.3 Å². The number of hydrogen-bond donors (Lipinski definition) is 2. The lowest BCUT2D eigenvalue weighted by Gasteiger charge is -2.20. The van der Waals surface area contributed by atoms with Crippen LogP contribution in [0.1, 0.15) is 37.8 Å². The number of rotatable bonds is 7. The van der Waals surface area contributed by atoms with Crippen molar-refractivity contribution >= 4 is 0 Å². The van der Waals surface area contributed by atoms with Crippen molar-refractivity contribution in [2.45, 2.75) is 52.1 Å². The summed E-state index contributed by atoms with van der Waals surface area (Å²) in [5.41, 5.74) is 2.72. The Morgan fingerprint density at radius 2 is 2.12 bits per heavy atom. The van der Waals surface area contributed by atoms with E-state index in [0.717, 1.165) is 19.3 Å². The molecule has 0 radical (unpaired) electrons. The van der Waals surface area contributed by atoms with Crippen LogP contribution in [0.5, 0.6) is 0 Å². The molecule has 2 N–H and O–H groups in total. The predicted molar refractivity (Wildman–Crippen MR) is 73.3 cm³/mol. The lowest BCUT2D eigenvalue weighted by atomic mass is 10.0.